The number of nitrogens with zero attached hydrogens (tertiary/aromatic N) is 1. The van der Waals surface area contributed by atoms with Crippen molar-refractivity contribution in [1.29, 1.82) is 0 Å². The normalized spacial score (nSPS) is 16.5. The molecule has 0 saturated carbocycles. The standard InChI is InChI=1S/C12H24N2O3/c1-12(2,3)17-11(16)14(6-7-15)5-4-10-8-13-9-10/h10,13,15H,4-9H2,1-3H3. The summed E-state index contributed by atoms with van der Waals surface area (Å²) in [4.78, 5) is 13.4. The Morgan fingerprint density at radius 2 is 2.06 bits per heavy atom. The molecule has 0 radical (unpaired) electrons. The van der Waals surface area contributed by atoms with E-state index in [9.17, 15) is 4.79 Å². The maximum Gasteiger partial charge on any atom is 0.410 e. The van der Waals surface area contributed by atoms with E-state index in [1.54, 1.807) is 4.90 Å². The van der Waals surface area contributed by atoms with Crippen molar-refractivity contribution in [3.63, 3.8) is 0 Å². The first-order valence-electron chi connectivity index (χ1n) is 6.22. The molecule has 0 aromatic carbocycles. The van der Waals surface area contributed by atoms with Gasteiger partial charge in [0.25, 0.3) is 0 Å². The van der Waals surface area contributed by atoms with Gasteiger partial charge in [-0.3, -0.25) is 0 Å². The van der Waals surface area contributed by atoms with E-state index in [1.807, 2.05) is 20.8 Å². The van der Waals surface area contributed by atoms with Gasteiger partial charge >= 0.3 is 6.09 Å². The summed E-state index contributed by atoms with van der Waals surface area (Å²) in [5, 5.41) is 12.2. The fourth-order valence-corrected chi connectivity index (χ4v) is 1.63. The average Bonchev–Trinajstić information content (AvgIpc) is 2.11. The van der Waals surface area contributed by atoms with Gasteiger partial charge in [-0.1, -0.05) is 0 Å². The van der Waals surface area contributed by atoms with Gasteiger partial charge in [-0.25, -0.2) is 4.79 Å². The number of carbonyl (C=O) groups excluding carboxylic acids is 1. The van der Waals surface area contributed by atoms with Gasteiger partial charge in [0.2, 0.25) is 0 Å². The molecule has 5 nitrogen and oxygen atoms in total. The molecule has 0 aromatic heterocycles. The highest BCUT2D eigenvalue weighted by atomic mass is 16.6. The Labute approximate surface area is 103 Å². The van der Waals surface area contributed by atoms with Crippen molar-refractivity contribution in [2.24, 2.45) is 5.92 Å². The van der Waals surface area contributed by atoms with Crippen LogP contribution in [0.2, 0.25) is 0 Å². The van der Waals surface area contributed by atoms with Crippen LogP contribution in [0.25, 0.3) is 0 Å². The van der Waals surface area contributed by atoms with Gasteiger partial charge in [0, 0.05) is 13.1 Å². The SMILES string of the molecule is CC(C)(C)OC(=O)N(CCO)CCC1CNC1. The number of carbonyl (C=O) groups is 1. The summed E-state index contributed by atoms with van der Waals surface area (Å²) in [5.41, 5.74) is -0.483. The molecule has 1 heterocycles. The summed E-state index contributed by atoms with van der Waals surface area (Å²) in [7, 11) is 0. The monoisotopic (exact) mass is 244 g/mol. The van der Waals surface area contributed by atoms with E-state index in [4.69, 9.17) is 9.84 Å². The smallest absolute Gasteiger partial charge is 0.410 e. The fourth-order valence-electron chi connectivity index (χ4n) is 1.63. The first-order valence-corrected chi connectivity index (χ1v) is 6.22. The minimum Gasteiger partial charge on any atom is -0.444 e. The van der Waals surface area contributed by atoms with Crippen molar-refractivity contribution in [2.75, 3.05) is 32.8 Å². The number of ether oxygens (including phenoxy) is 1. The van der Waals surface area contributed by atoms with Crippen LogP contribution in [-0.2, 0) is 4.74 Å². The van der Waals surface area contributed by atoms with Gasteiger partial charge in [0.15, 0.2) is 0 Å². The topological polar surface area (TPSA) is 61.8 Å². The number of aliphatic hydroxyl groups excluding tert-OH is 1. The fraction of sp³-hybridized carbons (Fsp3) is 0.917. The number of amides is 1. The maximum absolute atomic E-state index is 11.8. The average molecular weight is 244 g/mol. The van der Waals surface area contributed by atoms with Crippen molar-refractivity contribution < 1.29 is 14.6 Å². The van der Waals surface area contributed by atoms with Gasteiger partial charge in [-0.05, 0) is 46.2 Å². The number of hydrogen-bond donors (Lipinski definition) is 2. The maximum atomic E-state index is 11.8. The van der Waals surface area contributed by atoms with Crippen LogP contribution in [0.5, 0.6) is 0 Å². The molecule has 5 heteroatoms. The molecule has 1 saturated heterocycles. The predicted molar refractivity (Wildman–Crippen MR) is 65.9 cm³/mol. The summed E-state index contributed by atoms with van der Waals surface area (Å²) in [6.45, 7) is 8.56. The Morgan fingerprint density at radius 3 is 2.47 bits per heavy atom. The van der Waals surface area contributed by atoms with Gasteiger partial charge in [-0.15, -0.1) is 0 Å². The summed E-state index contributed by atoms with van der Waals surface area (Å²) < 4.78 is 5.30. The molecule has 0 aliphatic carbocycles. The van der Waals surface area contributed by atoms with Crippen LogP contribution in [0.3, 0.4) is 0 Å². The Bertz CT molecular complexity index is 247. The number of rotatable bonds is 5. The molecular formula is C12H24N2O3. The Hall–Kier alpha value is -0.810. The van der Waals surface area contributed by atoms with Crippen molar-refractivity contribution in [3.05, 3.63) is 0 Å². The molecule has 0 spiro atoms. The molecule has 1 aliphatic rings. The molecule has 17 heavy (non-hydrogen) atoms. The number of aliphatic hydroxyl groups is 1. The van der Waals surface area contributed by atoms with Crippen LogP contribution < -0.4 is 5.32 Å². The van der Waals surface area contributed by atoms with Crippen LogP contribution in [0.1, 0.15) is 27.2 Å². The predicted octanol–water partition coefficient (Wildman–Crippen LogP) is 0.825. The zero-order valence-corrected chi connectivity index (χ0v) is 11.0. The van der Waals surface area contributed by atoms with Crippen LogP contribution in [0.15, 0.2) is 0 Å². The largest absolute Gasteiger partial charge is 0.444 e. The van der Waals surface area contributed by atoms with Gasteiger partial charge in [-0.2, -0.15) is 0 Å². The lowest BCUT2D eigenvalue weighted by atomic mass is 9.99. The second-order valence-electron chi connectivity index (χ2n) is 5.50. The minimum atomic E-state index is -0.483. The molecular weight excluding hydrogens is 220 g/mol. The highest BCUT2D eigenvalue weighted by Gasteiger charge is 2.24. The second kappa shape index (κ2) is 6.21. The summed E-state index contributed by atoms with van der Waals surface area (Å²) in [6.07, 6.45) is 0.630. The number of nitrogens with one attached hydrogen (secondary N) is 1. The lowest BCUT2D eigenvalue weighted by Crippen LogP contribution is -2.45. The zero-order valence-electron chi connectivity index (χ0n) is 11.0. The van der Waals surface area contributed by atoms with Crippen LogP contribution in [-0.4, -0.2) is 54.5 Å². The van der Waals surface area contributed by atoms with E-state index in [0.29, 0.717) is 19.0 Å². The van der Waals surface area contributed by atoms with E-state index in [2.05, 4.69) is 5.32 Å². The third-order valence-corrected chi connectivity index (χ3v) is 2.69. The van der Waals surface area contributed by atoms with E-state index < -0.39 is 5.60 Å². The van der Waals surface area contributed by atoms with E-state index in [0.717, 1.165) is 19.5 Å². The molecule has 1 fully saturated rings. The quantitative estimate of drug-likeness (QED) is 0.752. The highest BCUT2D eigenvalue weighted by Crippen LogP contribution is 2.13. The van der Waals surface area contributed by atoms with Gasteiger partial charge < -0.3 is 20.1 Å². The minimum absolute atomic E-state index is 0.0256. The lowest BCUT2D eigenvalue weighted by molar-refractivity contribution is 0.0204. The summed E-state index contributed by atoms with van der Waals surface area (Å²) in [5.74, 6) is 0.652. The van der Waals surface area contributed by atoms with Crippen LogP contribution in [0.4, 0.5) is 4.79 Å². The summed E-state index contributed by atoms with van der Waals surface area (Å²) in [6, 6.07) is 0. The van der Waals surface area contributed by atoms with Crippen molar-refractivity contribution in [3.8, 4) is 0 Å². The van der Waals surface area contributed by atoms with E-state index in [1.165, 1.54) is 0 Å². The molecule has 1 amide bonds. The zero-order chi connectivity index (χ0) is 12.9. The Kier molecular flexibility index (Phi) is 5.21. The second-order valence-corrected chi connectivity index (χ2v) is 5.50. The highest BCUT2D eigenvalue weighted by molar-refractivity contribution is 5.68. The first kappa shape index (κ1) is 14.3. The first-order chi connectivity index (χ1) is 7.92. The number of hydrogen-bond acceptors (Lipinski definition) is 4. The molecule has 0 atom stereocenters. The van der Waals surface area contributed by atoms with E-state index in [-0.39, 0.29) is 12.7 Å². The van der Waals surface area contributed by atoms with Gasteiger partial charge in [0.1, 0.15) is 5.60 Å². The molecule has 2 N–H and O–H groups in total. The van der Waals surface area contributed by atoms with Crippen LogP contribution >= 0.6 is 0 Å². The van der Waals surface area contributed by atoms with Crippen molar-refractivity contribution >= 4 is 6.09 Å². The molecule has 1 rings (SSSR count). The molecule has 0 bridgehead atoms. The molecule has 0 aromatic rings. The van der Waals surface area contributed by atoms with Crippen LogP contribution in [0, 0.1) is 5.92 Å². The Morgan fingerprint density at radius 1 is 1.41 bits per heavy atom. The molecule has 100 valence electrons. The molecule has 0 unspecified atom stereocenters. The third-order valence-electron chi connectivity index (χ3n) is 2.69. The Balaban J connectivity index is 2.36. The third kappa shape index (κ3) is 5.37. The van der Waals surface area contributed by atoms with E-state index >= 15 is 0 Å². The lowest BCUT2D eigenvalue weighted by Gasteiger charge is -2.31. The molecule has 1 aliphatic heterocycles. The van der Waals surface area contributed by atoms with Crippen molar-refractivity contribution in [1.82, 2.24) is 10.2 Å². The summed E-state index contributed by atoms with van der Waals surface area (Å²) >= 11 is 0. The van der Waals surface area contributed by atoms with Gasteiger partial charge in [0.05, 0.1) is 6.61 Å². The van der Waals surface area contributed by atoms with Crippen molar-refractivity contribution in [2.45, 2.75) is 32.8 Å².